The third kappa shape index (κ3) is 4.98. The smallest absolute Gasteiger partial charge is 0.414 e. The number of piperazine rings is 1. The number of hydrogen-bond donors (Lipinski definition) is 0. The number of nitrogens with zero attached hydrogens (tertiary/aromatic N) is 4. The van der Waals surface area contributed by atoms with Crippen molar-refractivity contribution in [2.75, 3.05) is 48.8 Å². The van der Waals surface area contributed by atoms with Crippen LogP contribution in [-0.4, -0.2) is 75.4 Å². The van der Waals surface area contributed by atoms with Crippen molar-refractivity contribution in [3.05, 3.63) is 47.2 Å². The van der Waals surface area contributed by atoms with E-state index in [-0.39, 0.29) is 34.9 Å². The van der Waals surface area contributed by atoms with E-state index >= 15 is 0 Å². The minimum atomic E-state index is -3.73. The molecule has 35 heavy (non-hydrogen) atoms. The van der Waals surface area contributed by atoms with Crippen LogP contribution in [0.5, 0.6) is 0 Å². The number of ether oxygens (including phenoxy) is 1. The molecule has 188 valence electrons. The highest BCUT2D eigenvalue weighted by molar-refractivity contribution is 7.90. The number of aromatic nitrogens is 1. The predicted molar refractivity (Wildman–Crippen MR) is 134 cm³/mol. The van der Waals surface area contributed by atoms with E-state index in [1.165, 1.54) is 17.0 Å². The summed E-state index contributed by atoms with van der Waals surface area (Å²) < 4.78 is 30.6. The number of hydrogen-bond acceptors (Lipinski definition) is 7. The number of cyclic esters (lactones) is 1. The van der Waals surface area contributed by atoms with Crippen molar-refractivity contribution in [2.45, 2.75) is 38.6 Å². The second-order valence-electron chi connectivity index (χ2n) is 9.64. The van der Waals surface area contributed by atoms with Crippen LogP contribution in [0.2, 0.25) is 0 Å². The number of carbonyl (C=O) groups is 2. The lowest BCUT2D eigenvalue weighted by molar-refractivity contribution is 0.0742. The molecule has 0 N–H and O–H groups in total. The molecule has 0 saturated carbocycles. The van der Waals surface area contributed by atoms with Crippen LogP contribution in [0.3, 0.4) is 0 Å². The molecule has 0 aliphatic carbocycles. The lowest BCUT2D eigenvalue weighted by Gasteiger charge is -2.36. The van der Waals surface area contributed by atoms with Crippen molar-refractivity contribution in [3.8, 4) is 0 Å². The van der Waals surface area contributed by atoms with Crippen LogP contribution in [0, 0.1) is 19.8 Å². The van der Waals surface area contributed by atoms with Gasteiger partial charge in [0.05, 0.1) is 16.5 Å². The monoisotopic (exact) mass is 500 g/mol. The molecule has 2 fully saturated rings. The highest BCUT2D eigenvalue weighted by Gasteiger charge is 2.37. The fourth-order valence-electron chi connectivity index (χ4n) is 4.70. The molecule has 1 aromatic heterocycles. The number of aryl methyl sites for hydroxylation is 2. The molecule has 10 heteroatoms. The molecular weight excluding hydrogens is 468 g/mol. The van der Waals surface area contributed by atoms with Gasteiger partial charge in [-0.05, 0) is 49.1 Å². The van der Waals surface area contributed by atoms with E-state index in [0.717, 1.165) is 23.2 Å². The average Bonchev–Trinajstić information content (AvgIpc) is 3.19. The van der Waals surface area contributed by atoms with Gasteiger partial charge in [0.25, 0.3) is 5.91 Å². The topological polar surface area (TPSA) is 100 Å². The second kappa shape index (κ2) is 9.49. The first kappa shape index (κ1) is 25.0. The average molecular weight is 501 g/mol. The number of amides is 2. The molecule has 4 rings (SSSR count). The van der Waals surface area contributed by atoms with Crippen molar-refractivity contribution >= 4 is 33.3 Å². The van der Waals surface area contributed by atoms with Crippen molar-refractivity contribution in [3.63, 3.8) is 0 Å². The number of benzene rings is 1. The van der Waals surface area contributed by atoms with Gasteiger partial charge in [0.1, 0.15) is 12.4 Å². The van der Waals surface area contributed by atoms with E-state index in [2.05, 4.69) is 16.0 Å². The van der Waals surface area contributed by atoms with Crippen LogP contribution >= 0.6 is 0 Å². The van der Waals surface area contributed by atoms with E-state index in [1.807, 2.05) is 33.9 Å². The third-order valence-electron chi connectivity index (χ3n) is 6.60. The van der Waals surface area contributed by atoms with Crippen molar-refractivity contribution in [1.29, 1.82) is 0 Å². The van der Waals surface area contributed by atoms with Crippen LogP contribution in [-0.2, 0) is 14.6 Å². The zero-order valence-corrected chi connectivity index (χ0v) is 21.6. The Hall–Kier alpha value is -3.14. The van der Waals surface area contributed by atoms with Gasteiger partial charge in [0.15, 0.2) is 9.84 Å². The zero-order chi connectivity index (χ0) is 25.5. The third-order valence-corrected chi connectivity index (χ3v) is 7.74. The van der Waals surface area contributed by atoms with Gasteiger partial charge in [0, 0.05) is 44.3 Å². The number of sulfone groups is 1. The summed E-state index contributed by atoms with van der Waals surface area (Å²) in [6, 6.07) is 6.43. The van der Waals surface area contributed by atoms with E-state index in [0.29, 0.717) is 31.9 Å². The van der Waals surface area contributed by atoms with Gasteiger partial charge in [0.2, 0.25) is 0 Å². The Morgan fingerprint density at radius 2 is 1.80 bits per heavy atom. The zero-order valence-electron chi connectivity index (χ0n) is 20.8. The number of pyridine rings is 1. The summed E-state index contributed by atoms with van der Waals surface area (Å²) >= 11 is 0. The summed E-state index contributed by atoms with van der Waals surface area (Å²) in [5, 5.41) is 0. The summed E-state index contributed by atoms with van der Waals surface area (Å²) in [5.74, 6) is 0.683. The molecular formula is C25H32N4O5S. The van der Waals surface area contributed by atoms with E-state index in [4.69, 9.17) is 4.74 Å². The molecule has 1 atom stereocenters. The van der Waals surface area contributed by atoms with E-state index in [9.17, 15) is 18.0 Å². The summed E-state index contributed by atoms with van der Waals surface area (Å²) in [6.45, 7) is 10.3. The van der Waals surface area contributed by atoms with E-state index in [1.54, 1.807) is 11.0 Å². The Balaban J connectivity index is 1.58. The number of rotatable bonds is 5. The molecule has 2 saturated heterocycles. The van der Waals surface area contributed by atoms with Crippen LogP contribution < -0.4 is 9.80 Å². The SMILES string of the molecule is Cc1cnc(N2CCN(C(=O)c3ccc(N4C(=O)OCC4C(C)C)cc3S(C)(=O)=O)CC2)c(C)c1. The van der Waals surface area contributed by atoms with Crippen LogP contribution in [0.25, 0.3) is 0 Å². The Kier molecular flexibility index (Phi) is 6.77. The van der Waals surface area contributed by atoms with Crippen LogP contribution in [0.1, 0.15) is 35.3 Å². The molecule has 0 bridgehead atoms. The quantitative estimate of drug-likeness (QED) is 0.622. The highest BCUT2D eigenvalue weighted by Crippen LogP contribution is 2.31. The lowest BCUT2D eigenvalue weighted by Crippen LogP contribution is -2.49. The van der Waals surface area contributed by atoms with E-state index < -0.39 is 15.9 Å². The summed E-state index contributed by atoms with van der Waals surface area (Å²) in [4.78, 5) is 35.5. The molecule has 0 radical (unpaired) electrons. The standard InChI is InChI=1S/C25H32N4O5S/c1-16(2)21-15-34-25(31)29(21)19-6-7-20(22(13-19)35(5,32)33)24(30)28-10-8-27(9-11-28)23-18(4)12-17(3)14-26-23/h6-7,12-14,16,21H,8-11,15H2,1-5H3. The molecule has 2 aliphatic rings. The fraction of sp³-hybridized carbons (Fsp3) is 0.480. The Labute approximate surface area is 206 Å². The van der Waals surface area contributed by atoms with Gasteiger partial charge in [-0.15, -0.1) is 0 Å². The molecule has 0 spiro atoms. The highest BCUT2D eigenvalue weighted by atomic mass is 32.2. The minimum absolute atomic E-state index is 0.0827. The van der Waals surface area contributed by atoms with Gasteiger partial charge >= 0.3 is 6.09 Å². The first-order valence-corrected chi connectivity index (χ1v) is 13.6. The van der Waals surface area contributed by atoms with Crippen LogP contribution in [0.15, 0.2) is 35.4 Å². The summed E-state index contributed by atoms with van der Waals surface area (Å²) in [6.07, 6.45) is 2.40. The largest absolute Gasteiger partial charge is 0.447 e. The van der Waals surface area contributed by atoms with Crippen molar-refractivity contribution in [1.82, 2.24) is 9.88 Å². The van der Waals surface area contributed by atoms with Gasteiger partial charge in [-0.1, -0.05) is 19.9 Å². The normalized spacial score (nSPS) is 18.9. The van der Waals surface area contributed by atoms with Crippen molar-refractivity contribution in [2.24, 2.45) is 5.92 Å². The molecule has 3 heterocycles. The number of carbonyl (C=O) groups excluding carboxylic acids is 2. The maximum atomic E-state index is 13.4. The molecule has 1 unspecified atom stereocenters. The maximum absolute atomic E-state index is 13.4. The van der Waals surface area contributed by atoms with Crippen molar-refractivity contribution < 1.29 is 22.7 Å². The molecule has 2 aliphatic heterocycles. The molecule has 9 nitrogen and oxygen atoms in total. The fourth-order valence-corrected chi connectivity index (χ4v) is 5.59. The number of anilines is 2. The first-order valence-electron chi connectivity index (χ1n) is 11.7. The Morgan fingerprint density at radius 3 is 2.40 bits per heavy atom. The predicted octanol–water partition coefficient (Wildman–Crippen LogP) is 3.05. The summed E-state index contributed by atoms with van der Waals surface area (Å²) in [5.41, 5.74) is 2.70. The maximum Gasteiger partial charge on any atom is 0.414 e. The first-order chi connectivity index (χ1) is 16.5. The van der Waals surface area contributed by atoms with Gasteiger partial charge < -0.3 is 14.5 Å². The summed E-state index contributed by atoms with van der Waals surface area (Å²) in [7, 11) is -3.73. The minimum Gasteiger partial charge on any atom is -0.447 e. The molecule has 1 aromatic carbocycles. The van der Waals surface area contributed by atoms with Gasteiger partial charge in [-0.3, -0.25) is 9.69 Å². The van der Waals surface area contributed by atoms with Crippen LogP contribution in [0.4, 0.5) is 16.3 Å². The Bertz CT molecular complexity index is 1250. The second-order valence-corrected chi connectivity index (χ2v) is 11.6. The molecule has 2 amide bonds. The Morgan fingerprint density at radius 1 is 1.11 bits per heavy atom. The molecule has 2 aromatic rings. The van der Waals surface area contributed by atoms with Gasteiger partial charge in [-0.2, -0.15) is 0 Å². The lowest BCUT2D eigenvalue weighted by atomic mass is 10.0. The van der Waals surface area contributed by atoms with Gasteiger partial charge in [-0.25, -0.2) is 18.2 Å².